The number of fused-ring (bicyclic) bond motifs is 1. The number of hydrogen-bond acceptors (Lipinski definition) is 0. The van der Waals surface area contributed by atoms with Crippen LogP contribution in [0.5, 0.6) is 0 Å². The molecule has 0 fully saturated rings. The molecule has 14 heavy (non-hydrogen) atoms. The Balaban J connectivity index is 2.85. The molecular weight excluding hydrogens is 287 g/mol. The Hall–Kier alpha value is -0.580. The van der Waals surface area contributed by atoms with Crippen molar-refractivity contribution in [3.05, 3.63) is 30.1 Å². The maximum atomic E-state index is 2.45. The van der Waals surface area contributed by atoms with Crippen molar-refractivity contribution < 1.29 is 4.57 Å². The Morgan fingerprint density at radius 2 is 2.00 bits per heavy atom. The number of para-hydroxylation sites is 2. The molecule has 0 saturated heterocycles. The Kier molecular flexibility index (Phi) is 2.51. The predicted octanol–water partition coefficient (Wildman–Crippen LogP) is 2.50. The van der Waals surface area contributed by atoms with Crippen molar-refractivity contribution in [2.75, 3.05) is 0 Å². The van der Waals surface area contributed by atoms with Crippen LogP contribution in [-0.2, 0) is 14.1 Å². The first-order valence-electron chi connectivity index (χ1n) is 4.70. The number of benzene rings is 1. The minimum absolute atomic E-state index is 0.523. The Morgan fingerprint density at radius 1 is 1.36 bits per heavy atom. The summed E-state index contributed by atoms with van der Waals surface area (Å²) >= 11 is 2.45. The van der Waals surface area contributed by atoms with Crippen LogP contribution < -0.4 is 4.57 Å². The molecule has 1 atom stereocenters. The van der Waals surface area contributed by atoms with E-state index in [1.165, 1.54) is 16.9 Å². The van der Waals surface area contributed by atoms with E-state index in [1.807, 2.05) is 0 Å². The van der Waals surface area contributed by atoms with Crippen LogP contribution >= 0.6 is 22.6 Å². The van der Waals surface area contributed by atoms with Crippen LogP contribution in [0.3, 0.4) is 0 Å². The number of imidazole rings is 1. The highest BCUT2D eigenvalue weighted by molar-refractivity contribution is 14.1. The van der Waals surface area contributed by atoms with E-state index in [1.54, 1.807) is 0 Å². The summed E-state index contributed by atoms with van der Waals surface area (Å²) in [5.41, 5.74) is 2.60. The van der Waals surface area contributed by atoms with Crippen molar-refractivity contribution >= 4 is 33.6 Å². The molecule has 0 spiro atoms. The summed E-state index contributed by atoms with van der Waals surface area (Å²) in [5, 5.41) is 0. The highest BCUT2D eigenvalue weighted by Gasteiger charge is 2.22. The lowest BCUT2D eigenvalue weighted by atomic mass is 10.3. The van der Waals surface area contributed by atoms with Crippen molar-refractivity contribution in [2.24, 2.45) is 14.1 Å². The third-order valence-corrected chi connectivity index (χ3v) is 3.20. The van der Waals surface area contributed by atoms with E-state index in [2.05, 4.69) is 77.0 Å². The monoisotopic (exact) mass is 301 g/mol. The molecule has 0 amide bonds. The van der Waals surface area contributed by atoms with Gasteiger partial charge in [-0.2, -0.15) is 0 Å². The molecule has 0 saturated carbocycles. The van der Waals surface area contributed by atoms with Gasteiger partial charge in [0.25, 0.3) is 5.82 Å². The zero-order valence-electron chi connectivity index (χ0n) is 8.66. The van der Waals surface area contributed by atoms with Gasteiger partial charge in [-0.15, -0.1) is 0 Å². The maximum absolute atomic E-state index is 2.45. The first kappa shape index (κ1) is 9.96. The van der Waals surface area contributed by atoms with Gasteiger partial charge in [0.15, 0.2) is 11.0 Å². The normalized spacial score (nSPS) is 13.4. The maximum Gasteiger partial charge on any atom is 0.269 e. The summed E-state index contributed by atoms with van der Waals surface area (Å²) in [4.78, 5) is 0. The molecular formula is C11H14IN2+. The molecule has 2 nitrogen and oxygen atoms in total. The molecule has 1 aromatic heterocycles. The summed E-state index contributed by atoms with van der Waals surface area (Å²) in [6, 6.07) is 8.50. The van der Waals surface area contributed by atoms with Gasteiger partial charge in [0.05, 0.1) is 14.1 Å². The van der Waals surface area contributed by atoms with Crippen LogP contribution in [0.4, 0.5) is 0 Å². The van der Waals surface area contributed by atoms with Gasteiger partial charge in [-0.05, 0) is 19.1 Å². The van der Waals surface area contributed by atoms with E-state index in [0.717, 1.165) is 0 Å². The molecule has 0 aliphatic carbocycles. The molecule has 0 bridgehead atoms. The largest absolute Gasteiger partial charge is 0.269 e. The lowest BCUT2D eigenvalue weighted by Gasteiger charge is -1.99. The fraction of sp³-hybridized carbons (Fsp3) is 0.364. The molecule has 1 aromatic carbocycles. The predicted molar refractivity (Wildman–Crippen MR) is 66.5 cm³/mol. The number of aromatic nitrogens is 2. The van der Waals surface area contributed by atoms with E-state index < -0.39 is 0 Å². The van der Waals surface area contributed by atoms with Crippen LogP contribution in [0.1, 0.15) is 16.7 Å². The minimum Gasteiger partial charge on any atom is -0.229 e. The second kappa shape index (κ2) is 3.53. The molecule has 74 valence electrons. The Bertz CT molecular complexity index is 432. The fourth-order valence-corrected chi connectivity index (χ4v) is 2.87. The lowest BCUT2D eigenvalue weighted by molar-refractivity contribution is -0.653. The second-order valence-corrected chi connectivity index (χ2v) is 5.45. The second-order valence-electron chi connectivity index (χ2n) is 3.58. The number of halogens is 1. The molecule has 1 heterocycles. The quantitative estimate of drug-likeness (QED) is 0.435. The third kappa shape index (κ3) is 1.34. The Labute approximate surface area is 97.7 Å². The molecule has 0 aliphatic rings. The number of aryl methyl sites for hydroxylation is 2. The molecule has 0 N–H and O–H groups in total. The standard InChI is InChI=1S/C11H14IN2/c1-8(12)11-13(2)9-6-4-5-7-10(9)14(11)3/h4-8H,1-3H3/q+1/t8-/m0/s1. The summed E-state index contributed by atoms with van der Waals surface area (Å²) in [6.07, 6.45) is 0. The van der Waals surface area contributed by atoms with E-state index in [4.69, 9.17) is 0 Å². The van der Waals surface area contributed by atoms with Crippen molar-refractivity contribution in [3.63, 3.8) is 0 Å². The van der Waals surface area contributed by atoms with Gasteiger partial charge < -0.3 is 0 Å². The number of hydrogen-bond donors (Lipinski definition) is 0. The summed E-state index contributed by atoms with van der Waals surface area (Å²) in [6.45, 7) is 2.22. The van der Waals surface area contributed by atoms with Crippen molar-refractivity contribution in [1.82, 2.24) is 4.57 Å². The molecule has 0 radical (unpaired) electrons. The van der Waals surface area contributed by atoms with Gasteiger partial charge >= 0.3 is 0 Å². The first-order chi connectivity index (χ1) is 6.63. The average molecular weight is 301 g/mol. The van der Waals surface area contributed by atoms with E-state index >= 15 is 0 Å². The third-order valence-electron chi connectivity index (χ3n) is 2.65. The summed E-state index contributed by atoms with van der Waals surface area (Å²) in [7, 11) is 4.26. The zero-order chi connectivity index (χ0) is 10.3. The van der Waals surface area contributed by atoms with Crippen LogP contribution in [0.2, 0.25) is 0 Å². The van der Waals surface area contributed by atoms with Crippen LogP contribution in [0.25, 0.3) is 11.0 Å². The molecule has 0 unspecified atom stereocenters. The number of nitrogens with zero attached hydrogens (tertiary/aromatic N) is 2. The summed E-state index contributed by atoms with van der Waals surface area (Å²) < 4.78 is 5.06. The van der Waals surface area contributed by atoms with Crippen LogP contribution in [-0.4, -0.2) is 4.57 Å². The van der Waals surface area contributed by atoms with E-state index in [9.17, 15) is 0 Å². The lowest BCUT2D eigenvalue weighted by Crippen LogP contribution is -2.33. The number of rotatable bonds is 1. The van der Waals surface area contributed by atoms with Crippen LogP contribution in [0, 0.1) is 0 Å². The first-order valence-corrected chi connectivity index (χ1v) is 5.95. The van der Waals surface area contributed by atoms with Gasteiger partial charge in [0.2, 0.25) is 0 Å². The minimum atomic E-state index is 0.523. The number of alkyl halides is 1. The van der Waals surface area contributed by atoms with Crippen molar-refractivity contribution in [2.45, 2.75) is 10.8 Å². The van der Waals surface area contributed by atoms with Gasteiger partial charge in [0.1, 0.15) is 3.92 Å². The van der Waals surface area contributed by atoms with Gasteiger partial charge in [-0.1, -0.05) is 34.7 Å². The molecule has 2 rings (SSSR count). The van der Waals surface area contributed by atoms with E-state index in [-0.39, 0.29) is 0 Å². The molecule has 0 aliphatic heterocycles. The summed E-state index contributed by atoms with van der Waals surface area (Å²) in [5.74, 6) is 1.35. The zero-order valence-corrected chi connectivity index (χ0v) is 10.8. The molecule has 3 heteroatoms. The van der Waals surface area contributed by atoms with Gasteiger partial charge in [0, 0.05) is 0 Å². The average Bonchev–Trinajstić information content (AvgIpc) is 2.41. The van der Waals surface area contributed by atoms with Gasteiger partial charge in [-0.25, -0.2) is 9.13 Å². The van der Waals surface area contributed by atoms with Gasteiger partial charge in [-0.3, -0.25) is 0 Å². The van der Waals surface area contributed by atoms with Crippen molar-refractivity contribution in [3.8, 4) is 0 Å². The SMILES string of the molecule is C[C@H](I)c1n(C)c2ccccc2[n+]1C. The van der Waals surface area contributed by atoms with Crippen molar-refractivity contribution in [1.29, 1.82) is 0 Å². The highest BCUT2D eigenvalue weighted by Crippen LogP contribution is 2.22. The highest BCUT2D eigenvalue weighted by atomic mass is 127. The Morgan fingerprint density at radius 3 is 2.57 bits per heavy atom. The fourth-order valence-electron chi connectivity index (χ4n) is 2.04. The van der Waals surface area contributed by atoms with E-state index in [0.29, 0.717) is 3.92 Å². The molecule has 2 aromatic rings. The van der Waals surface area contributed by atoms with Crippen LogP contribution in [0.15, 0.2) is 24.3 Å². The topological polar surface area (TPSA) is 8.81 Å². The smallest absolute Gasteiger partial charge is 0.229 e.